The summed E-state index contributed by atoms with van der Waals surface area (Å²) in [4.78, 5) is 2.29. The van der Waals surface area contributed by atoms with Crippen LogP contribution in [-0.2, 0) is 4.74 Å². The van der Waals surface area contributed by atoms with Crippen LogP contribution >= 0.6 is 0 Å². The Kier molecular flexibility index (Phi) is 6.29. The van der Waals surface area contributed by atoms with Crippen molar-refractivity contribution in [2.24, 2.45) is 0 Å². The van der Waals surface area contributed by atoms with Gasteiger partial charge in [-0.15, -0.1) is 0 Å². The van der Waals surface area contributed by atoms with Crippen LogP contribution in [0.15, 0.2) is 18.2 Å². The molecule has 5 nitrogen and oxygen atoms in total. The van der Waals surface area contributed by atoms with E-state index in [1.54, 1.807) is 0 Å². The van der Waals surface area contributed by atoms with E-state index in [2.05, 4.69) is 36.3 Å². The average Bonchev–Trinajstić information content (AvgIpc) is 2.94. The van der Waals surface area contributed by atoms with E-state index < -0.39 is 0 Å². The minimum Gasteiger partial charge on any atom is -0.454 e. The van der Waals surface area contributed by atoms with Gasteiger partial charge in [-0.1, -0.05) is 13.0 Å². The lowest BCUT2D eigenvalue weighted by Gasteiger charge is -2.25. The van der Waals surface area contributed by atoms with E-state index in [0.717, 1.165) is 44.3 Å². The highest BCUT2D eigenvalue weighted by atomic mass is 16.7. The lowest BCUT2D eigenvalue weighted by atomic mass is 10.1. The lowest BCUT2D eigenvalue weighted by Crippen LogP contribution is -2.34. The highest BCUT2D eigenvalue weighted by Crippen LogP contribution is 2.34. The van der Waals surface area contributed by atoms with Gasteiger partial charge in [0.1, 0.15) is 0 Å². The quantitative estimate of drug-likeness (QED) is 0.706. The highest BCUT2D eigenvalue weighted by Gasteiger charge is 2.18. The van der Waals surface area contributed by atoms with Crippen LogP contribution in [0.5, 0.6) is 11.5 Å². The van der Waals surface area contributed by atoms with Crippen LogP contribution in [0.1, 0.15) is 25.5 Å². The summed E-state index contributed by atoms with van der Waals surface area (Å²) in [5.74, 6) is 1.67. The summed E-state index contributed by atoms with van der Waals surface area (Å²) in [6, 6.07) is 6.45. The normalized spacial score (nSPS) is 14.7. The zero-order chi connectivity index (χ0) is 15.1. The van der Waals surface area contributed by atoms with Gasteiger partial charge in [0.2, 0.25) is 6.79 Å². The third-order valence-corrected chi connectivity index (χ3v) is 3.57. The third-order valence-electron chi connectivity index (χ3n) is 3.57. The zero-order valence-electron chi connectivity index (χ0n) is 13.2. The molecule has 2 rings (SSSR count). The van der Waals surface area contributed by atoms with E-state index in [4.69, 9.17) is 14.2 Å². The fourth-order valence-electron chi connectivity index (χ4n) is 2.43. The van der Waals surface area contributed by atoms with Crippen LogP contribution in [0.4, 0.5) is 0 Å². The number of nitrogens with one attached hydrogen (secondary N) is 1. The predicted molar refractivity (Wildman–Crippen MR) is 83.0 cm³/mol. The monoisotopic (exact) mass is 294 g/mol. The fraction of sp³-hybridized carbons (Fsp3) is 0.625. The standard InChI is InChI=1S/C16H26N2O3/c1-4-17-14(11-18(3)8-9-19-5-2)13-6-7-15-16(10-13)21-12-20-15/h6-7,10,14,17H,4-5,8-9,11-12H2,1-3H3. The number of hydrogen-bond acceptors (Lipinski definition) is 5. The van der Waals surface area contributed by atoms with Gasteiger partial charge >= 0.3 is 0 Å². The summed E-state index contributed by atoms with van der Waals surface area (Å²) in [5.41, 5.74) is 1.23. The van der Waals surface area contributed by atoms with Crippen molar-refractivity contribution in [2.75, 3.05) is 46.7 Å². The number of hydrogen-bond donors (Lipinski definition) is 1. The van der Waals surface area contributed by atoms with E-state index in [9.17, 15) is 0 Å². The van der Waals surface area contributed by atoms with Gasteiger partial charge in [0.15, 0.2) is 11.5 Å². The Balaban J connectivity index is 1.97. The van der Waals surface area contributed by atoms with Crippen LogP contribution in [0.3, 0.4) is 0 Å². The molecule has 21 heavy (non-hydrogen) atoms. The Morgan fingerprint density at radius 2 is 2.10 bits per heavy atom. The Morgan fingerprint density at radius 1 is 1.29 bits per heavy atom. The summed E-state index contributed by atoms with van der Waals surface area (Å²) < 4.78 is 16.3. The molecule has 0 aliphatic carbocycles. The lowest BCUT2D eigenvalue weighted by molar-refractivity contribution is 0.119. The fourth-order valence-corrected chi connectivity index (χ4v) is 2.43. The number of fused-ring (bicyclic) bond motifs is 1. The molecule has 0 fully saturated rings. The number of rotatable bonds is 9. The molecule has 1 aromatic rings. The molecule has 1 aliphatic rings. The maximum Gasteiger partial charge on any atom is 0.231 e. The van der Waals surface area contributed by atoms with Gasteiger partial charge in [0, 0.05) is 25.7 Å². The van der Waals surface area contributed by atoms with Crippen molar-refractivity contribution < 1.29 is 14.2 Å². The Hall–Kier alpha value is -1.30. The number of likely N-dealkylation sites (N-methyl/N-ethyl adjacent to an activating group) is 2. The maximum atomic E-state index is 5.47. The number of nitrogens with zero attached hydrogens (tertiary/aromatic N) is 1. The van der Waals surface area contributed by atoms with Crippen LogP contribution in [0, 0.1) is 0 Å². The van der Waals surface area contributed by atoms with Crippen molar-refractivity contribution in [2.45, 2.75) is 19.9 Å². The highest BCUT2D eigenvalue weighted by molar-refractivity contribution is 5.45. The number of ether oxygens (including phenoxy) is 3. The van der Waals surface area contributed by atoms with Crippen molar-refractivity contribution in [3.63, 3.8) is 0 Å². The van der Waals surface area contributed by atoms with Crippen molar-refractivity contribution in [1.82, 2.24) is 10.2 Å². The molecule has 118 valence electrons. The molecule has 5 heteroatoms. The van der Waals surface area contributed by atoms with E-state index in [1.165, 1.54) is 5.56 Å². The smallest absolute Gasteiger partial charge is 0.231 e. The predicted octanol–water partition coefficient (Wildman–Crippen LogP) is 2.03. The summed E-state index contributed by atoms with van der Waals surface area (Å²) in [6.45, 7) is 8.80. The van der Waals surface area contributed by atoms with Crippen molar-refractivity contribution in [1.29, 1.82) is 0 Å². The molecule has 1 aliphatic heterocycles. The summed E-state index contributed by atoms with van der Waals surface area (Å²) >= 11 is 0. The second-order valence-electron chi connectivity index (χ2n) is 5.18. The van der Waals surface area contributed by atoms with Gasteiger partial charge in [-0.3, -0.25) is 0 Å². The summed E-state index contributed by atoms with van der Waals surface area (Å²) in [7, 11) is 2.12. The first kappa shape index (κ1) is 16.1. The molecule has 0 amide bonds. The molecule has 1 aromatic carbocycles. The maximum absolute atomic E-state index is 5.47. The minimum atomic E-state index is 0.274. The van der Waals surface area contributed by atoms with E-state index in [-0.39, 0.29) is 6.04 Å². The van der Waals surface area contributed by atoms with Crippen LogP contribution < -0.4 is 14.8 Å². The average molecular weight is 294 g/mol. The molecule has 0 saturated heterocycles. The largest absolute Gasteiger partial charge is 0.454 e. The second-order valence-corrected chi connectivity index (χ2v) is 5.18. The Labute approximate surface area is 127 Å². The summed E-state index contributed by atoms with van der Waals surface area (Å²) in [6.07, 6.45) is 0. The molecule has 0 aromatic heterocycles. The molecule has 0 radical (unpaired) electrons. The first-order chi connectivity index (χ1) is 10.2. The minimum absolute atomic E-state index is 0.274. The molecule has 0 spiro atoms. The molecule has 0 saturated carbocycles. The van der Waals surface area contributed by atoms with Gasteiger partial charge < -0.3 is 24.4 Å². The molecular formula is C16H26N2O3. The Bertz CT molecular complexity index is 440. The van der Waals surface area contributed by atoms with E-state index in [1.807, 2.05) is 13.0 Å². The number of benzene rings is 1. The van der Waals surface area contributed by atoms with Crippen molar-refractivity contribution in [3.8, 4) is 11.5 Å². The van der Waals surface area contributed by atoms with E-state index in [0.29, 0.717) is 6.79 Å². The molecule has 1 atom stereocenters. The first-order valence-corrected chi connectivity index (χ1v) is 7.63. The first-order valence-electron chi connectivity index (χ1n) is 7.63. The van der Waals surface area contributed by atoms with Gasteiger partial charge in [-0.05, 0) is 38.2 Å². The van der Waals surface area contributed by atoms with E-state index >= 15 is 0 Å². The Morgan fingerprint density at radius 3 is 2.86 bits per heavy atom. The van der Waals surface area contributed by atoms with Gasteiger partial charge in [0.05, 0.1) is 6.61 Å². The molecule has 1 unspecified atom stereocenters. The topological polar surface area (TPSA) is 43.0 Å². The van der Waals surface area contributed by atoms with Gasteiger partial charge in [-0.2, -0.15) is 0 Å². The third kappa shape index (κ3) is 4.59. The van der Waals surface area contributed by atoms with Crippen LogP contribution in [-0.4, -0.2) is 51.6 Å². The molecule has 0 bridgehead atoms. The van der Waals surface area contributed by atoms with Gasteiger partial charge in [0.25, 0.3) is 0 Å². The van der Waals surface area contributed by atoms with Crippen LogP contribution in [0.25, 0.3) is 0 Å². The summed E-state index contributed by atoms with van der Waals surface area (Å²) in [5, 5.41) is 3.53. The van der Waals surface area contributed by atoms with Crippen molar-refractivity contribution >= 4 is 0 Å². The molecule has 1 N–H and O–H groups in total. The van der Waals surface area contributed by atoms with Crippen LogP contribution in [0.2, 0.25) is 0 Å². The molecule has 1 heterocycles. The zero-order valence-corrected chi connectivity index (χ0v) is 13.2. The second kappa shape index (κ2) is 8.22. The SMILES string of the molecule is CCNC(CN(C)CCOCC)c1ccc2c(c1)OCO2. The molecular weight excluding hydrogens is 268 g/mol. The van der Waals surface area contributed by atoms with Crippen molar-refractivity contribution in [3.05, 3.63) is 23.8 Å². The van der Waals surface area contributed by atoms with Gasteiger partial charge in [-0.25, -0.2) is 0 Å².